The van der Waals surface area contributed by atoms with Gasteiger partial charge in [0, 0.05) is 4.90 Å². The zero-order valence-electron chi connectivity index (χ0n) is 23.7. The number of allylic oxidation sites excluding steroid dienone is 2. The number of sulfone groups is 1. The van der Waals surface area contributed by atoms with Crippen LogP contribution in [-0.2, 0) is 19.4 Å². The molecule has 0 amide bonds. The first-order valence-electron chi connectivity index (χ1n) is 13.4. The maximum absolute atomic E-state index is 14.2. The molecule has 9 nitrogen and oxygen atoms in total. The minimum absolute atomic E-state index is 0.0570. The Balaban J connectivity index is 1.21. The lowest BCUT2D eigenvalue weighted by molar-refractivity contribution is -0.832. The average Bonchev–Trinajstić information content (AvgIpc) is 3.52. The van der Waals surface area contributed by atoms with Crippen LogP contribution in [0, 0.1) is 11.0 Å². The molecule has 4 aromatic rings. The first-order valence-corrected chi connectivity index (χ1v) is 16.1. The van der Waals surface area contributed by atoms with Crippen LogP contribution in [-0.4, -0.2) is 39.0 Å². The van der Waals surface area contributed by atoms with Crippen molar-refractivity contribution in [3.8, 4) is 5.88 Å². The molecular weight excluding hydrogens is 607 g/mol. The number of hydrogen-bond donors (Lipinski definition) is 0. The molecule has 0 radical (unpaired) electrons. The topological polar surface area (TPSA) is 123 Å². The second-order valence-electron chi connectivity index (χ2n) is 9.62. The SMILES string of the molecule is CSc1ccc(/C=C2/C(C)=C(CC(=O)OC/C=C\COc3no[n+]([O-])c3S(=O)(=O)c3ccccc3)c3cc(F)ccc32)cc1. The summed E-state index contributed by atoms with van der Waals surface area (Å²) in [4.78, 5) is 13.6. The van der Waals surface area contributed by atoms with Crippen molar-refractivity contribution in [1.82, 2.24) is 5.16 Å². The number of carbonyl (C=O) groups is 1. The molecule has 0 saturated carbocycles. The predicted molar refractivity (Wildman–Crippen MR) is 163 cm³/mol. The van der Waals surface area contributed by atoms with Crippen LogP contribution in [0.25, 0.3) is 17.2 Å². The maximum atomic E-state index is 14.2. The van der Waals surface area contributed by atoms with E-state index in [4.69, 9.17) is 9.47 Å². The van der Waals surface area contributed by atoms with Gasteiger partial charge in [-0.15, -0.1) is 11.8 Å². The van der Waals surface area contributed by atoms with Crippen LogP contribution in [0.5, 0.6) is 5.88 Å². The number of benzene rings is 3. The highest BCUT2D eigenvalue weighted by atomic mass is 32.2. The van der Waals surface area contributed by atoms with Gasteiger partial charge in [0.15, 0.2) is 0 Å². The van der Waals surface area contributed by atoms with Gasteiger partial charge in [-0.1, -0.05) is 36.4 Å². The molecule has 1 aliphatic carbocycles. The number of thioether (sulfide) groups is 1. The Morgan fingerprint density at radius 1 is 1.05 bits per heavy atom. The van der Waals surface area contributed by atoms with Crippen molar-refractivity contribution in [3.63, 3.8) is 0 Å². The van der Waals surface area contributed by atoms with Crippen LogP contribution in [0.4, 0.5) is 4.39 Å². The van der Waals surface area contributed by atoms with Gasteiger partial charge in [0.05, 0.1) is 16.5 Å². The number of hydrogen-bond acceptors (Lipinski definition) is 9. The van der Waals surface area contributed by atoms with Crippen molar-refractivity contribution in [2.24, 2.45) is 0 Å². The zero-order chi connectivity index (χ0) is 31.3. The molecule has 1 aromatic heterocycles. The molecule has 0 spiro atoms. The summed E-state index contributed by atoms with van der Waals surface area (Å²) in [5, 5.41) is 14.6. The van der Waals surface area contributed by atoms with Gasteiger partial charge in [-0.2, -0.15) is 0 Å². The summed E-state index contributed by atoms with van der Waals surface area (Å²) in [6.45, 7) is 1.64. The Morgan fingerprint density at radius 2 is 1.77 bits per heavy atom. The van der Waals surface area contributed by atoms with Gasteiger partial charge < -0.3 is 14.7 Å². The number of fused-ring (bicyclic) bond motifs is 1. The first-order chi connectivity index (χ1) is 21.2. The van der Waals surface area contributed by atoms with E-state index >= 15 is 0 Å². The van der Waals surface area contributed by atoms with Crippen molar-refractivity contribution < 1.29 is 36.6 Å². The Kier molecular flexibility index (Phi) is 9.31. The number of aromatic nitrogens is 2. The second-order valence-corrected chi connectivity index (χ2v) is 12.4. The van der Waals surface area contributed by atoms with Crippen LogP contribution in [0.1, 0.15) is 30.0 Å². The van der Waals surface area contributed by atoms with E-state index < -0.39 is 32.5 Å². The van der Waals surface area contributed by atoms with Crippen molar-refractivity contribution in [3.05, 3.63) is 118 Å². The molecule has 1 aliphatic rings. The summed E-state index contributed by atoms with van der Waals surface area (Å²) in [7, 11) is -4.24. The number of carbonyl (C=O) groups excluding carboxylic acids is 1. The van der Waals surface area contributed by atoms with Crippen LogP contribution in [0.15, 0.2) is 110 Å². The van der Waals surface area contributed by atoms with Gasteiger partial charge in [0.25, 0.3) is 9.84 Å². The summed E-state index contributed by atoms with van der Waals surface area (Å²) in [6.07, 6.45) is 6.96. The molecule has 12 heteroatoms. The lowest BCUT2D eigenvalue weighted by Crippen LogP contribution is -2.30. The van der Waals surface area contributed by atoms with E-state index in [0.717, 1.165) is 27.2 Å². The molecule has 226 valence electrons. The van der Waals surface area contributed by atoms with Gasteiger partial charge in [-0.05, 0) is 106 Å². The molecule has 0 saturated heterocycles. The number of nitrogens with zero attached hydrogens (tertiary/aromatic N) is 2. The van der Waals surface area contributed by atoms with Crippen LogP contribution in [0.3, 0.4) is 0 Å². The molecule has 5 rings (SSSR count). The highest BCUT2D eigenvalue weighted by Gasteiger charge is 2.35. The quantitative estimate of drug-likeness (QED) is 0.0859. The highest BCUT2D eigenvalue weighted by molar-refractivity contribution is 7.98. The highest BCUT2D eigenvalue weighted by Crippen LogP contribution is 2.44. The summed E-state index contributed by atoms with van der Waals surface area (Å²) >= 11 is 1.65. The van der Waals surface area contributed by atoms with Gasteiger partial charge in [0.2, 0.25) is 0 Å². The van der Waals surface area contributed by atoms with E-state index in [2.05, 4.69) is 9.79 Å². The summed E-state index contributed by atoms with van der Waals surface area (Å²) in [6, 6.07) is 20.0. The fourth-order valence-electron chi connectivity index (χ4n) is 4.69. The molecule has 0 aliphatic heterocycles. The van der Waals surface area contributed by atoms with Crippen molar-refractivity contribution in [2.45, 2.75) is 28.2 Å². The third-order valence-corrected chi connectivity index (χ3v) is 9.35. The molecule has 0 N–H and O–H groups in total. The van der Waals surface area contributed by atoms with E-state index in [1.54, 1.807) is 23.9 Å². The Labute approximate surface area is 257 Å². The van der Waals surface area contributed by atoms with Gasteiger partial charge in [0.1, 0.15) is 19.0 Å². The molecule has 44 heavy (non-hydrogen) atoms. The molecule has 0 unspecified atom stereocenters. The minimum atomic E-state index is -4.24. The van der Waals surface area contributed by atoms with Gasteiger partial charge >= 0.3 is 16.9 Å². The maximum Gasteiger partial charge on any atom is 0.415 e. The lowest BCUT2D eigenvalue weighted by Gasteiger charge is -2.06. The first kappa shape index (κ1) is 30.8. The molecule has 0 fully saturated rings. The number of rotatable bonds is 11. The van der Waals surface area contributed by atoms with Crippen LogP contribution < -0.4 is 9.64 Å². The van der Waals surface area contributed by atoms with Crippen LogP contribution in [0.2, 0.25) is 0 Å². The molecule has 0 atom stereocenters. The molecule has 1 heterocycles. The van der Waals surface area contributed by atoms with E-state index in [1.165, 1.54) is 48.6 Å². The zero-order valence-corrected chi connectivity index (χ0v) is 25.4. The lowest BCUT2D eigenvalue weighted by atomic mass is 10.0. The Morgan fingerprint density at radius 3 is 2.50 bits per heavy atom. The Hall–Kier alpha value is -4.68. The fourth-order valence-corrected chi connectivity index (χ4v) is 6.39. The summed E-state index contributed by atoms with van der Waals surface area (Å²) < 4.78 is 55.0. The van der Waals surface area contributed by atoms with Crippen molar-refractivity contribution >= 4 is 44.8 Å². The van der Waals surface area contributed by atoms with Gasteiger partial charge in [-0.3, -0.25) is 9.42 Å². The van der Waals surface area contributed by atoms with Crippen LogP contribution >= 0.6 is 11.8 Å². The summed E-state index contributed by atoms with van der Waals surface area (Å²) in [5.41, 5.74) is 4.96. The largest absolute Gasteiger partial charge is 0.461 e. The van der Waals surface area contributed by atoms with Crippen molar-refractivity contribution in [1.29, 1.82) is 0 Å². The number of ether oxygens (including phenoxy) is 2. The predicted octanol–water partition coefficient (Wildman–Crippen LogP) is 5.90. The third-order valence-electron chi connectivity index (χ3n) is 6.88. The number of halogens is 1. The van der Waals surface area contributed by atoms with E-state index in [9.17, 15) is 22.8 Å². The normalized spacial score (nSPS) is 13.9. The van der Waals surface area contributed by atoms with E-state index in [-0.39, 0.29) is 29.4 Å². The monoisotopic (exact) mass is 634 g/mol. The third kappa shape index (κ3) is 6.61. The molecule has 3 aromatic carbocycles. The second kappa shape index (κ2) is 13.3. The Bertz CT molecular complexity index is 1880. The molecular formula is C32H27FN2O7S2. The smallest absolute Gasteiger partial charge is 0.415 e. The summed E-state index contributed by atoms with van der Waals surface area (Å²) in [5.74, 6) is -1.40. The standard InChI is InChI=1S/C32H27FN2O7S2/c1-21-27(18-22-10-13-24(43-2)14-11-22)26-15-12-23(33)19-29(26)28(21)20-30(36)40-16-6-7-17-41-31-32(35(37)42-34-31)44(38,39)25-8-4-3-5-9-25/h3-15,18-19H,16-17,20H2,1-2H3/b7-6-,27-18-. The minimum Gasteiger partial charge on any atom is -0.461 e. The molecule has 0 bridgehead atoms. The van der Waals surface area contributed by atoms with E-state index in [0.29, 0.717) is 11.1 Å². The van der Waals surface area contributed by atoms with Gasteiger partial charge in [-0.25, -0.2) is 12.8 Å². The van der Waals surface area contributed by atoms with Crippen molar-refractivity contribution in [2.75, 3.05) is 19.5 Å². The average molecular weight is 635 g/mol. The van der Waals surface area contributed by atoms with E-state index in [1.807, 2.05) is 43.5 Å². The fraction of sp³-hybridized carbons (Fsp3) is 0.156. The number of esters is 1.